The van der Waals surface area contributed by atoms with Gasteiger partial charge in [0.1, 0.15) is 5.75 Å². The van der Waals surface area contributed by atoms with Gasteiger partial charge in [-0.3, -0.25) is 9.59 Å². The van der Waals surface area contributed by atoms with Crippen LogP contribution >= 0.6 is 0 Å². The van der Waals surface area contributed by atoms with E-state index in [0.717, 1.165) is 24.2 Å². The molecule has 6 nitrogen and oxygen atoms in total. The van der Waals surface area contributed by atoms with E-state index in [2.05, 4.69) is 22.5 Å². The molecule has 0 aromatic heterocycles. The van der Waals surface area contributed by atoms with Gasteiger partial charge in [-0.15, -0.1) is 0 Å². The highest BCUT2D eigenvalue weighted by Gasteiger charge is 2.31. The van der Waals surface area contributed by atoms with Gasteiger partial charge in [-0.25, -0.2) is 0 Å². The van der Waals surface area contributed by atoms with Crippen LogP contribution in [0.5, 0.6) is 5.75 Å². The summed E-state index contributed by atoms with van der Waals surface area (Å²) in [7, 11) is 1.73. The van der Waals surface area contributed by atoms with Crippen LogP contribution in [-0.4, -0.2) is 50.5 Å². The van der Waals surface area contributed by atoms with E-state index in [4.69, 9.17) is 4.74 Å². The number of amides is 1. The second kappa shape index (κ2) is 10.3. The maximum atomic E-state index is 13.2. The number of benzene rings is 2. The number of rotatable bonds is 11. The molecule has 2 N–H and O–H groups in total. The summed E-state index contributed by atoms with van der Waals surface area (Å²) in [4.78, 5) is 28.1. The van der Waals surface area contributed by atoms with E-state index in [0.29, 0.717) is 30.4 Å². The molecule has 2 atom stereocenters. The van der Waals surface area contributed by atoms with Gasteiger partial charge < -0.3 is 20.3 Å². The fraction of sp³-hybridized carbons (Fsp3) is 0.417. The standard InChI is InChI=1S/C24H31N3O3/c1-4-12-30-23-11-10-19(27-16-17(27)2)14-20(23)24(29)26-21(22(28)15-25-3)13-18-8-6-5-7-9-18/h5-11,14,17,21,25H,4,12-13,15-16H2,1-3H3,(H,26,29)/t17?,21-,27?/m0/s1. The number of anilines is 1. The molecule has 0 saturated carbocycles. The van der Waals surface area contributed by atoms with Crippen molar-refractivity contribution < 1.29 is 14.3 Å². The number of carbonyl (C=O) groups excluding carboxylic acids is 2. The molecule has 1 unspecified atom stereocenters. The van der Waals surface area contributed by atoms with Crippen molar-refractivity contribution >= 4 is 17.4 Å². The van der Waals surface area contributed by atoms with Crippen molar-refractivity contribution in [2.75, 3.05) is 31.6 Å². The average molecular weight is 410 g/mol. The molecule has 160 valence electrons. The summed E-state index contributed by atoms with van der Waals surface area (Å²) in [5.41, 5.74) is 2.47. The lowest BCUT2D eigenvalue weighted by Gasteiger charge is -2.20. The Bertz CT molecular complexity index is 869. The number of nitrogens with one attached hydrogen (secondary N) is 2. The molecule has 0 bridgehead atoms. The molecule has 2 aromatic carbocycles. The number of ether oxygens (including phenoxy) is 1. The number of ketones is 1. The van der Waals surface area contributed by atoms with Crippen LogP contribution < -0.4 is 20.3 Å². The second-order valence-corrected chi connectivity index (χ2v) is 7.74. The fourth-order valence-electron chi connectivity index (χ4n) is 3.44. The normalized spacial score (nSPS) is 16.1. The zero-order valence-electron chi connectivity index (χ0n) is 18.0. The topological polar surface area (TPSA) is 70.4 Å². The minimum atomic E-state index is -0.616. The van der Waals surface area contributed by atoms with Gasteiger partial charge in [0.05, 0.1) is 24.8 Å². The van der Waals surface area contributed by atoms with Crippen LogP contribution in [0, 0.1) is 0 Å². The van der Waals surface area contributed by atoms with Gasteiger partial charge in [-0.2, -0.15) is 0 Å². The summed E-state index contributed by atoms with van der Waals surface area (Å²) in [6.07, 6.45) is 1.30. The Labute approximate surface area is 178 Å². The molecular formula is C24H31N3O3. The Balaban J connectivity index is 1.83. The molecule has 30 heavy (non-hydrogen) atoms. The fourth-order valence-corrected chi connectivity index (χ4v) is 3.44. The predicted molar refractivity (Wildman–Crippen MR) is 119 cm³/mol. The third-order valence-electron chi connectivity index (χ3n) is 5.19. The van der Waals surface area contributed by atoms with Crippen molar-refractivity contribution in [2.24, 2.45) is 0 Å². The Morgan fingerprint density at radius 1 is 1.20 bits per heavy atom. The first kappa shape index (κ1) is 21.8. The van der Waals surface area contributed by atoms with Crippen molar-refractivity contribution in [3.05, 3.63) is 59.7 Å². The monoisotopic (exact) mass is 409 g/mol. The molecule has 1 aliphatic heterocycles. The number of nitrogens with zero attached hydrogens (tertiary/aromatic N) is 1. The Hall–Kier alpha value is -2.86. The largest absolute Gasteiger partial charge is 0.493 e. The Morgan fingerprint density at radius 3 is 2.57 bits per heavy atom. The number of likely N-dealkylation sites (N-methyl/N-ethyl adjacent to an activating group) is 1. The van der Waals surface area contributed by atoms with Crippen LogP contribution in [0.4, 0.5) is 5.69 Å². The number of carbonyl (C=O) groups is 2. The minimum absolute atomic E-state index is 0.0542. The van der Waals surface area contributed by atoms with E-state index in [-0.39, 0.29) is 18.2 Å². The van der Waals surface area contributed by atoms with Crippen LogP contribution in [0.1, 0.15) is 36.2 Å². The summed E-state index contributed by atoms with van der Waals surface area (Å²) >= 11 is 0. The third-order valence-corrected chi connectivity index (χ3v) is 5.19. The first-order chi connectivity index (χ1) is 14.5. The third kappa shape index (κ3) is 5.60. The predicted octanol–water partition coefficient (Wildman–Crippen LogP) is 2.81. The van der Waals surface area contributed by atoms with E-state index in [9.17, 15) is 9.59 Å². The van der Waals surface area contributed by atoms with Crippen molar-refractivity contribution in [2.45, 2.75) is 38.8 Å². The van der Waals surface area contributed by atoms with Crippen molar-refractivity contribution in [1.82, 2.24) is 10.6 Å². The lowest BCUT2D eigenvalue weighted by Crippen LogP contribution is -2.45. The lowest BCUT2D eigenvalue weighted by atomic mass is 10.0. The summed E-state index contributed by atoms with van der Waals surface area (Å²) < 4.78 is 5.82. The van der Waals surface area contributed by atoms with E-state index in [1.165, 1.54) is 0 Å². The van der Waals surface area contributed by atoms with Crippen molar-refractivity contribution in [3.63, 3.8) is 0 Å². The van der Waals surface area contributed by atoms with Gasteiger partial charge in [0, 0.05) is 18.3 Å². The van der Waals surface area contributed by atoms with Crippen LogP contribution in [0.3, 0.4) is 0 Å². The average Bonchev–Trinajstić information content (AvgIpc) is 3.49. The smallest absolute Gasteiger partial charge is 0.255 e. The maximum Gasteiger partial charge on any atom is 0.255 e. The van der Waals surface area contributed by atoms with Crippen molar-refractivity contribution in [3.8, 4) is 5.75 Å². The lowest BCUT2D eigenvalue weighted by molar-refractivity contribution is -0.119. The SMILES string of the molecule is CCCOc1ccc(N2CC2C)cc1C(=O)N[C@@H](Cc1ccccc1)C(=O)CNC. The molecular weight excluding hydrogens is 378 g/mol. The zero-order valence-corrected chi connectivity index (χ0v) is 18.0. The first-order valence-corrected chi connectivity index (χ1v) is 10.6. The molecule has 3 rings (SSSR count). The van der Waals surface area contributed by atoms with Crippen LogP contribution in [-0.2, 0) is 11.2 Å². The Morgan fingerprint density at radius 2 is 1.93 bits per heavy atom. The molecule has 1 heterocycles. The van der Waals surface area contributed by atoms with Crippen LogP contribution in [0.25, 0.3) is 0 Å². The highest BCUT2D eigenvalue weighted by Crippen LogP contribution is 2.32. The number of hydrogen-bond donors (Lipinski definition) is 2. The van der Waals surface area contributed by atoms with Crippen LogP contribution in [0.2, 0.25) is 0 Å². The molecule has 6 heteroatoms. The van der Waals surface area contributed by atoms with Crippen LogP contribution in [0.15, 0.2) is 48.5 Å². The van der Waals surface area contributed by atoms with E-state index in [1.54, 1.807) is 7.05 Å². The minimum Gasteiger partial charge on any atom is -0.493 e. The molecule has 0 aliphatic carbocycles. The molecule has 1 fully saturated rings. The molecule has 0 spiro atoms. The van der Waals surface area contributed by atoms with Gasteiger partial charge in [-0.1, -0.05) is 37.3 Å². The molecule has 1 aliphatic rings. The number of Topliss-reactive ketones (excluding diaryl/α,β-unsaturated/α-hetero) is 1. The van der Waals surface area contributed by atoms with E-state index >= 15 is 0 Å². The first-order valence-electron chi connectivity index (χ1n) is 10.6. The number of hydrogen-bond acceptors (Lipinski definition) is 5. The summed E-state index contributed by atoms with van der Waals surface area (Å²) in [5, 5.41) is 5.84. The Kier molecular flexibility index (Phi) is 7.46. The van der Waals surface area contributed by atoms with E-state index in [1.807, 2.05) is 55.5 Å². The summed E-state index contributed by atoms with van der Waals surface area (Å²) in [5.74, 6) is 0.205. The summed E-state index contributed by atoms with van der Waals surface area (Å²) in [6.45, 7) is 5.88. The highest BCUT2D eigenvalue weighted by atomic mass is 16.5. The maximum absolute atomic E-state index is 13.2. The van der Waals surface area contributed by atoms with Crippen molar-refractivity contribution in [1.29, 1.82) is 0 Å². The van der Waals surface area contributed by atoms with Gasteiger partial charge in [-0.05, 0) is 50.6 Å². The molecule has 1 amide bonds. The quantitative estimate of drug-likeness (QED) is 0.559. The van der Waals surface area contributed by atoms with Gasteiger partial charge in [0.25, 0.3) is 5.91 Å². The second-order valence-electron chi connectivity index (χ2n) is 7.74. The zero-order chi connectivity index (χ0) is 21.5. The molecule has 1 saturated heterocycles. The van der Waals surface area contributed by atoms with Gasteiger partial charge >= 0.3 is 0 Å². The van der Waals surface area contributed by atoms with Gasteiger partial charge in [0.15, 0.2) is 5.78 Å². The summed E-state index contributed by atoms with van der Waals surface area (Å²) in [6, 6.07) is 15.3. The molecule has 2 aromatic rings. The van der Waals surface area contributed by atoms with E-state index < -0.39 is 6.04 Å². The highest BCUT2D eigenvalue weighted by molar-refractivity contribution is 6.01. The molecule has 0 radical (unpaired) electrons. The van der Waals surface area contributed by atoms with Gasteiger partial charge in [0.2, 0.25) is 0 Å².